The van der Waals surface area contributed by atoms with E-state index in [1.807, 2.05) is 0 Å². The molecule has 0 aliphatic carbocycles. The molecule has 2 atom stereocenters. The average molecular weight is 308 g/mol. The summed E-state index contributed by atoms with van der Waals surface area (Å²) in [5.41, 5.74) is 0.546. The molecule has 1 aliphatic rings. The highest BCUT2D eigenvalue weighted by Gasteiger charge is 2.31. The van der Waals surface area contributed by atoms with Crippen molar-refractivity contribution in [3.8, 4) is 0 Å². The van der Waals surface area contributed by atoms with E-state index in [2.05, 4.69) is 10.6 Å². The molecule has 0 bridgehead atoms. The van der Waals surface area contributed by atoms with Gasteiger partial charge in [0.25, 0.3) is 0 Å². The number of hydrogen-bond donors (Lipinski definition) is 5. The Balaban J connectivity index is 2.03. The smallest absolute Gasteiger partial charge is 0.216 e. The summed E-state index contributed by atoms with van der Waals surface area (Å²) in [6, 6.07) is 6.98. The molecule has 1 amide bonds. The van der Waals surface area contributed by atoms with Gasteiger partial charge in [-0.25, -0.2) is 0 Å². The summed E-state index contributed by atoms with van der Waals surface area (Å²) in [7, 11) is 0. The van der Waals surface area contributed by atoms with Gasteiger partial charge in [-0.2, -0.15) is 0 Å². The Morgan fingerprint density at radius 3 is 2.41 bits per heavy atom. The standard InChI is InChI=1S/C16H24N2O4/c1-11(19)18-10-14(20)15(21)12-2-4-13(5-3-12)16(22)6-8-17-9-7-16/h2-5,14-15,17,20-22H,6-10H2,1H3,(H,18,19). The predicted octanol–water partition coefficient (Wildman–Crippen LogP) is -0.212. The number of carbonyl (C=O) groups is 1. The molecule has 0 radical (unpaired) electrons. The molecular weight excluding hydrogens is 284 g/mol. The van der Waals surface area contributed by atoms with Crippen LogP contribution < -0.4 is 10.6 Å². The maximum absolute atomic E-state index is 10.8. The zero-order valence-corrected chi connectivity index (χ0v) is 12.7. The summed E-state index contributed by atoms with van der Waals surface area (Å²) in [5.74, 6) is -0.255. The minimum Gasteiger partial charge on any atom is -0.388 e. The number of piperidine rings is 1. The van der Waals surface area contributed by atoms with Crippen LogP contribution >= 0.6 is 0 Å². The van der Waals surface area contributed by atoms with E-state index in [1.54, 1.807) is 24.3 Å². The van der Waals surface area contributed by atoms with E-state index < -0.39 is 17.8 Å². The van der Waals surface area contributed by atoms with Gasteiger partial charge in [-0.1, -0.05) is 24.3 Å². The molecule has 1 aromatic rings. The third-order valence-electron chi connectivity index (χ3n) is 4.14. The second-order valence-corrected chi connectivity index (χ2v) is 5.85. The summed E-state index contributed by atoms with van der Waals surface area (Å²) < 4.78 is 0. The van der Waals surface area contributed by atoms with E-state index in [0.717, 1.165) is 18.7 Å². The number of carbonyl (C=O) groups excluding carboxylic acids is 1. The van der Waals surface area contributed by atoms with Crippen molar-refractivity contribution in [1.82, 2.24) is 10.6 Å². The third kappa shape index (κ3) is 4.04. The lowest BCUT2D eigenvalue weighted by Crippen LogP contribution is -2.39. The van der Waals surface area contributed by atoms with Crippen LogP contribution in [0, 0.1) is 0 Å². The Kier molecular flexibility index (Phi) is 5.52. The molecular formula is C16H24N2O4. The largest absolute Gasteiger partial charge is 0.388 e. The van der Waals surface area contributed by atoms with Crippen molar-refractivity contribution in [2.45, 2.75) is 37.6 Å². The first-order valence-electron chi connectivity index (χ1n) is 7.56. The minimum absolute atomic E-state index is 0.00609. The summed E-state index contributed by atoms with van der Waals surface area (Å²) in [6.07, 6.45) is -0.847. The lowest BCUT2D eigenvalue weighted by atomic mass is 9.84. The summed E-state index contributed by atoms with van der Waals surface area (Å²) in [5, 5.41) is 36.3. The fourth-order valence-electron chi connectivity index (χ4n) is 2.70. The first-order valence-corrected chi connectivity index (χ1v) is 7.56. The van der Waals surface area contributed by atoms with Gasteiger partial charge in [0.2, 0.25) is 5.91 Å². The van der Waals surface area contributed by atoms with Crippen molar-refractivity contribution in [3.63, 3.8) is 0 Å². The van der Waals surface area contributed by atoms with Crippen LogP contribution in [-0.2, 0) is 10.4 Å². The van der Waals surface area contributed by atoms with Crippen molar-refractivity contribution in [2.75, 3.05) is 19.6 Å². The van der Waals surface area contributed by atoms with Gasteiger partial charge in [0, 0.05) is 13.5 Å². The molecule has 1 saturated heterocycles. The minimum atomic E-state index is -1.08. The van der Waals surface area contributed by atoms with E-state index in [1.165, 1.54) is 6.92 Å². The first-order chi connectivity index (χ1) is 10.4. The van der Waals surface area contributed by atoms with Crippen molar-refractivity contribution < 1.29 is 20.1 Å². The number of rotatable bonds is 5. The molecule has 22 heavy (non-hydrogen) atoms. The van der Waals surface area contributed by atoms with Gasteiger partial charge in [0.1, 0.15) is 12.2 Å². The number of nitrogens with one attached hydrogen (secondary N) is 2. The second kappa shape index (κ2) is 7.19. The number of amides is 1. The highest BCUT2D eigenvalue weighted by molar-refractivity contribution is 5.72. The van der Waals surface area contributed by atoms with Gasteiger partial charge in [0.05, 0.1) is 5.60 Å². The molecule has 1 aliphatic heterocycles. The van der Waals surface area contributed by atoms with Crippen LogP contribution in [0.25, 0.3) is 0 Å². The zero-order valence-electron chi connectivity index (χ0n) is 12.7. The summed E-state index contributed by atoms with van der Waals surface area (Å²) in [4.78, 5) is 10.8. The number of hydrogen-bond acceptors (Lipinski definition) is 5. The van der Waals surface area contributed by atoms with Crippen LogP contribution in [-0.4, -0.2) is 47.0 Å². The molecule has 0 saturated carbocycles. The monoisotopic (exact) mass is 308 g/mol. The Morgan fingerprint density at radius 1 is 1.27 bits per heavy atom. The maximum atomic E-state index is 10.8. The maximum Gasteiger partial charge on any atom is 0.216 e. The molecule has 6 nitrogen and oxygen atoms in total. The Labute approximate surface area is 130 Å². The normalized spacial score (nSPS) is 20.2. The molecule has 2 unspecified atom stereocenters. The lowest BCUT2D eigenvalue weighted by molar-refractivity contribution is -0.119. The van der Waals surface area contributed by atoms with Crippen LogP contribution in [0.15, 0.2) is 24.3 Å². The van der Waals surface area contributed by atoms with Crippen molar-refractivity contribution in [3.05, 3.63) is 35.4 Å². The first kappa shape index (κ1) is 16.9. The number of aliphatic hydroxyl groups excluding tert-OH is 2. The van der Waals surface area contributed by atoms with E-state index in [-0.39, 0.29) is 12.5 Å². The van der Waals surface area contributed by atoms with E-state index in [0.29, 0.717) is 18.4 Å². The van der Waals surface area contributed by atoms with Crippen LogP contribution in [0.5, 0.6) is 0 Å². The van der Waals surface area contributed by atoms with Crippen molar-refractivity contribution in [1.29, 1.82) is 0 Å². The number of benzene rings is 1. The molecule has 5 N–H and O–H groups in total. The molecule has 1 aromatic carbocycles. The molecule has 0 spiro atoms. The molecule has 6 heteroatoms. The topological polar surface area (TPSA) is 102 Å². The van der Waals surface area contributed by atoms with Crippen LogP contribution in [0.2, 0.25) is 0 Å². The molecule has 2 rings (SSSR count). The number of aliphatic hydroxyl groups is 3. The highest BCUT2D eigenvalue weighted by atomic mass is 16.3. The van der Waals surface area contributed by atoms with E-state index >= 15 is 0 Å². The van der Waals surface area contributed by atoms with Crippen LogP contribution in [0.1, 0.15) is 37.0 Å². The molecule has 0 aromatic heterocycles. The predicted molar refractivity (Wildman–Crippen MR) is 82.1 cm³/mol. The van der Waals surface area contributed by atoms with Crippen LogP contribution in [0.4, 0.5) is 0 Å². The SMILES string of the molecule is CC(=O)NCC(O)C(O)c1ccc(C2(O)CCNCC2)cc1. The van der Waals surface area contributed by atoms with Gasteiger partial charge in [-0.05, 0) is 37.1 Å². The quantitative estimate of drug-likeness (QED) is 0.518. The van der Waals surface area contributed by atoms with Crippen molar-refractivity contribution in [2.24, 2.45) is 0 Å². The summed E-state index contributed by atoms with van der Waals surface area (Å²) >= 11 is 0. The van der Waals surface area contributed by atoms with Gasteiger partial charge in [-0.15, -0.1) is 0 Å². The Morgan fingerprint density at radius 2 is 1.86 bits per heavy atom. The fourth-order valence-corrected chi connectivity index (χ4v) is 2.70. The molecule has 122 valence electrons. The van der Waals surface area contributed by atoms with E-state index in [9.17, 15) is 20.1 Å². The van der Waals surface area contributed by atoms with Crippen LogP contribution in [0.3, 0.4) is 0 Å². The lowest BCUT2D eigenvalue weighted by Gasteiger charge is -2.33. The fraction of sp³-hybridized carbons (Fsp3) is 0.562. The third-order valence-corrected chi connectivity index (χ3v) is 4.14. The van der Waals surface area contributed by atoms with Gasteiger partial charge < -0.3 is 26.0 Å². The Hall–Kier alpha value is -1.47. The van der Waals surface area contributed by atoms with E-state index in [4.69, 9.17) is 0 Å². The Bertz CT molecular complexity index is 497. The second-order valence-electron chi connectivity index (χ2n) is 5.85. The molecule has 1 heterocycles. The van der Waals surface area contributed by atoms with Crippen molar-refractivity contribution >= 4 is 5.91 Å². The molecule has 1 fully saturated rings. The zero-order chi connectivity index (χ0) is 16.2. The van der Waals surface area contributed by atoms with Gasteiger partial charge in [-0.3, -0.25) is 4.79 Å². The average Bonchev–Trinajstić information content (AvgIpc) is 2.52. The van der Waals surface area contributed by atoms with Gasteiger partial charge in [0.15, 0.2) is 0 Å². The highest BCUT2D eigenvalue weighted by Crippen LogP contribution is 2.31. The van der Waals surface area contributed by atoms with Gasteiger partial charge >= 0.3 is 0 Å². The summed E-state index contributed by atoms with van der Waals surface area (Å²) in [6.45, 7) is 2.90.